The van der Waals surface area contributed by atoms with Crippen molar-refractivity contribution in [3.63, 3.8) is 0 Å². The number of rotatable bonds is 3. The summed E-state index contributed by atoms with van der Waals surface area (Å²) in [5, 5.41) is 3.11. The van der Waals surface area contributed by atoms with Crippen LogP contribution >= 0.6 is 23.2 Å². The molecule has 4 rings (SSSR count). The largest absolute Gasteiger partial charge is 0.433 e. The molecule has 2 heterocycles. The van der Waals surface area contributed by atoms with Crippen LogP contribution in [0.1, 0.15) is 41.9 Å². The molecule has 1 fully saturated rings. The zero-order chi connectivity index (χ0) is 21.3. The Morgan fingerprint density at radius 2 is 1.90 bits per heavy atom. The summed E-state index contributed by atoms with van der Waals surface area (Å²) in [5.74, 6) is 0.126. The zero-order valence-electron chi connectivity index (χ0n) is 17.4. The first-order valence-corrected chi connectivity index (χ1v) is 11.1. The predicted molar refractivity (Wildman–Crippen MR) is 121 cm³/mol. The van der Waals surface area contributed by atoms with E-state index in [4.69, 9.17) is 28.0 Å². The normalized spacial score (nSPS) is 19.9. The van der Waals surface area contributed by atoms with Crippen LogP contribution in [-0.2, 0) is 11.4 Å². The third-order valence-electron chi connectivity index (χ3n) is 5.95. The number of benzene rings is 2. The fraction of sp³-hybridized carbons (Fsp3) is 0.435. The van der Waals surface area contributed by atoms with E-state index in [1.807, 2.05) is 18.2 Å². The highest BCUT2D eigenvalue weighted by Crippen LogP contribution is 2.39. The van der Waals surface area contributed by atoms with E-state index >= 15 is 0 Å². The van der Waals surface area contributed by atoms with Crippen LogP contribution in [0, 0.1) is 0 Å². The fourth-order valence-corrected chi connectivity index (χ4v) is 4.88. The molecule has 2 aromatic rings. The number of hydrogen-bond donors (Lipinski definition) is 0. The molecule has 0 aliphatic carbocycles. The SMILES string of the molecule is CN1Cc2c(Cl)cc(Cl)cc2C(c2cccc(N(C)C(=O)ON3CCCCC3)c2)C1. The number of carbonyl (C=O) groups is 1. The molecule has 30 heavy (non-hydrogen) atoms. The van der Waals surface area contributed by atoms with E-state index in [0.717, 1.165) is 61.4 Å². The minimum atomic E-state index is -0.360. The van der Waals surface area contributed by atoms with Crippen molar-refractivity contribution in [2.75, 3.05) is 38.6 Å². The lowest BCUT2D eigenvalue weighted by Crippen LogP contribution is -2.38. The molecule has 0 saturated carbocycles. The van der Waals surface area contributed by atoms with Gasteiger partial charge in [-0.2, -0.15) is 0 Å². The van der Waals surface area contributed by atoms with Gasteiger partial charge in [0.25, 0.3) is 0 Å². The Morgan fingerprint density at radius 3 is 2.67 bits per heavy atom. The second kappa shape index (κ2) is 9.15. The van der Waals surface area contributed by atoms with Crippen LogP contribution in [0.5, 0.6) is 0 Å². The molecular weight excluding hydrogens is 421 g/mol. The predicted octanol–water partition coefficient (Wildman–Crippen LogP) is 5.54. The van der Waals surface area contributed by atoms with E-state index in [1.165, 1.54) is 6.42 Å². The van der Waals surface area contributed by atoms with Crippen LogP contribution in [0.15, 0.2) is 36.4 Å². The third kappa shape index (κ3) is 4.59. The smallest absolute Gasteiger partial charge is 0.351 e. The van der Waals surface area contributed by atoms with E-state index in [2.05, 4.69) is 24.1 Å². The minimum Gasteiger partial charge on any atom is -0.351 e. The van der Waals surface area contributed by atoms with E-state index in [9.17, 15) is 4.79 Å². The summed E-state index contributed by atoms with van der Waals surface area (Å²) in [4.78, 5) is 22.1. The molecule has 2 aliphatic heterocycles. The van der Waals surface area contributed by atoms with Gasteiger partial charge in [0.1, 0.15) is 0 Å². The van der Waals surface area contributed by atoms with Gasteiger partial charge < -0.3 is 9.74 Å². The first kappa shape index (κ1) is 21.4. The number of hydroxylamine groups is 2. The standard InChI is InChI=1S/C23H27Cl2N3O2/c1-26-14-20(19-12-17(24)13-22(25)21(19)15-26)16-7-6-8-18(11-16)27(2)23(29)30-28-9-4-3-5-10-28/h6-8,11-13,20H,3-5,9-10,14-15H2,1-2H3. The van der Waals surface area contributed by atoms with Crippen molar-refractivity contribution in [2.45, 2.75) is 31.7 Å². The van der Waals surface area contributed by atoms with Crippen LogP contribution < -0.4 is 4.90 Å². The highest BCUT2D eigenvalue weighted by molar-refractivity contribution is 6.35. The molecule has 160 valence electrons. The maximum atomic E-state index is 12.7. The Kier molecular flexibility index (Phi) is 6.54. The second-order valence-electron chi connectivity index (χ2n) is 8.21. The number of amides is 1. The summed E-state index contributed by atoms with van der Waals surface area (Å²) in [7, 11) is 3.84. The number of carbonyl (C=O) groups excluding carboxylic acids is 1. The van der Waals surface area contributed by atoms with Gasteiger partial charge in [-0.1, -0.05) is 41.8 Å². The van der Waals surface area contributed by atoms with E-state index in [-0.39, 0.29) is 12.0 Å². The lowest BCUT2D eigenvalue weighted by molar-refractivity contribution is -0.107. The number of nitrogens with zero attached hydrogens (tertiary/aromatic N) is 3. The van der Waals surface area contributed by atoms with Crippen LogP contribution in [0.2, 0.25) is 10.0 Å². The summed E-state index contributed by atoms with van der Waals surface area (Å²) in [6.07, 6.45) is 2.96. The Balaban J connectivity index is 1.58. The van der Waals surface area contributed by atoms with Crippen molar-refractivity contribution in [3.8, 4) is 0 Å². The first-order valence-electron chi connectivity index (χ1n) is 10.4. The lowest BCUT2D eigenvalue weighted by Gasteiger charge is -2.34. The number of hydrogen-bond acceptors (Lipinski definition) is 4. The quantitative estimate of drug-likeness (QED) is 0.618. The molecule has 0 N–H and O–H groups in total. The Morgan fingerprint density at radius 1 is 1.13 bits per heavy atom. The second-order valence-corrected chi connectivity index (χ2v) is 9.05. The van der Waals surface area contributed by atoms with Crippen molar-refractivity contribution in [1.29, 1.82) is 0 Å². The van der Waals surface area contributed by atoms with Gasteiger partial charge in [-0.25, -0.2) is 4.79 Å². The lowest BCUT2D eigenvalue weighted by atomic mass is 9.84. The van der Waals surface area contributed by atoms with Gasteiger partial charge in [-0.05, 0) is 60.8 Å². The molecule has 1 amide bonds. The molecule has 1 saturated heterocycles. The zero-order valence-corrected chi connectivity index (χ0v) is 18.9. The van der Waals surface area contributed by atoms with Gasteiger partial charge >= 0.3 is 6.09 Å². The number of likely N-dealkylation sites (N-methyl/N-ethyl adjacent to an activating group) is 1. The van der Waals surface area contributed by atoms with Gasteiger partial charge in [-0.15, -0.1) is 5.06 Å². The topological polar surface area (TPSA) is 36.0 Å². The Hall–Kier alpha value is -1.79. The summed E-state index contributed by atoms with van der Waals surface area (Å²) in [5.41, 5.74) is 4.19. The Labute approximate surface area is 188 Å². The molecule has 0 bridgehead atoms. The van der Waals surface area contributed by atoms with Crippen molar-refractivity contribution < 1.29 is 9.63 Å². The number of anilines is 1. The van der Waals surface area contributed by atoms with Crippen molar-refractivity contribution in [3.05, 3.63) is 63.1 Å². The van der Waals surface area contributed by atoms with Gasteiger partial charge in [0.15, 0.2) is 0 Å². The molecule has 1 atom stereocenters. The third-order valence-corrected chi connectivity index (χ3v) is 6.50. The van der Waals surface area contributed by atoms with Crippen LogP contribution in [0.4, 0.5) is 10.5 Å². The van der Waals surface area contributed by atoms with Gasteiger partial charge in [-0.3, -0.25) is 4.90 Å². The van der Waals surface area contributed by atoms with Crippen LogP contribution in [-0.4, -0.2) is 49.8 Å². The van der Waals surface area contributed by atoms with E-state index in [1.54, 1.807) is 23.1 Å². The maximum Gasteiger partial charge on any atom is 0.433 e. The Bertz CT molecular complexity index is 931. The summed E-state index contributed by atoms with van der Waals surface area (Å²) in [6, 6.07) is 11.9. The molecular formula is C23H27Cl2N3O2. The number of piperidine rings is 1. The first-order chi connectivity index (χ1) is 14.4. The van der Waals surface area contributed by atoms with Crippen LogP contribution in [0.3, 0.4) is 0 Å². The molecule has 2 aromatic carbocycles. The molecule has 1 unspecified atom stereocenters. The highest BCUT2D eigenvalue weighted by atomic mass is 35.5. The molecule has 0 spiro atoms. The fourth-order valence-electron chi connectivity index (χ4n) is 4.31. The van der Waals surface area contributed by atoms with Gasteiger partial charge in [0.05, 0.1) is 0 Å². The highest BCUT2D eigenvalue weighted by Gasteiger charge is 2.28. The number of halogens is 2. The van der Waals surface area contributed by atoms with E-state index < -0.39 is 0 Å². The summed E-state index contributed by atoms with van der Waals surface area (Å²) >= 11 is 12.8. The van der Waals surface area contributed by atoms with E-state index in [0.29, 0.717) is 10.0 Å². The molecule has 7 heteroatoms. The van der Waals surface area contributed by atoms with Crippen molar-refractivity contribution >= 4 is 35.0 Å². The molecule has 2 aliphatic rings. The minimum absolute atomic E-state index is 0.126. The average molecular weight is 448 g/mol. The molecule has 5 nitrogen and oxygen atoms in total. The van der Waals surface area contributed by atoms with Crippen LogP contribution in [0.25, 0.3) is 0 Å². The monoisotopic (exact) mass is 447 g/mol. The van der Waals surface area contributed by atoms with Gasteiger partial charge in [0.2, 0.25) is 0 Å². The van der Waals surface area contributed by atoms with Gasteiger partial charge in [0, 0.05) is 54.9 Å². The molecule has 0 aromatic heterocycles. The number of fused-ring (bicyclic) bond motifs is 1. The summed E-state index contributed by atoms with van der Waals surface area (Å²) < 4.78 is 0. The molecule has 0 radical (unpaired) electrons. The maximum absolute atomic E-state index is 12.7. The van der Waals surface area contributed by atoms with Crippen molar-refractivity contribution in [1.82, 2.24) is 9.96 Å². The average Bonchev–Trinajstić information content (AvgIpc) is 2.74. The van der Waals surface area contributed by atoms with Crippen molar-refractivity contribution in [2.24, 2.45) is 0 Å². The summed E-state index contributed by atoms with van der Waals surface area (Å²) in [6.45, 7) is 3.25.